The zero-order chi connectivity index (χ0) is 22.2. The van der Waals surface area contributed by atoms with Crippen LogP contribution >= 0.6 is 11.6 Å². The van der Waals surface area contributed by atoms with Crippen LogP contribution in [0.3, 0.4) is 0 Å². The number of fused-ring (bicyclic) bond motifs is 1. The van der Waals surface area contributed by atoms with Gasteiger partial charge in [-0.3, -0.25) is 14.4 Å². The third kappa shape index (κ3) is 3.93. The van der Waals surface area contributed by atoms with Crippen molar-refractivity contribution in [3.8, 4) is 0 Å². The summed E-state index contributed by atoms with van der Waals surface area (Å²) in [6.07, 6.45) is 1.83. The zero-order valence-corrected chi connectivity index (χ0v) is 18.4. The van der Waals surface area contributed by atoms with E-state index in [1.54, 1.807) is 15.9 Å². The number of benzene rings is 2. The highest BCUT2D eigenvalue weighted by molar-refractivity contribution is 6.30. The van der Waals surface area contributed by atoms with Crippen LogP contribution in [0.15, 0.2) is 48.5 Å². The predicted molar refractivity (Wildman–Crippen MR) is 122 cm³/mol. The fraction of sp³-hybridized carbons (Fsp3) is 0.375. The largest absolute Gasteiger partial charge is 0.368 e. The van der Waals surface area contributed by atoms with E-state index in [2.05, 4.69) is 10.2 Å². The molecule has 2 fully saturated rings. The molecule has 166 valence electrons. The number of carbonyl (C=O) groups is 3. The number of rotatable bonds is 5. The molecular weight excluding hydrogens is 428 g/mol. The Balaban J connectivity index is 1.18. The predicted octanol–water partition coefficient (Wildman–Crippen LogP) is 2.46. The Morgan fingerprint density at radius 3 is 2.34 bits per heavy atom. The van der Waals surface area contributed by atoms with E-state index >= 15 is 0 Å². The van der Waals surface area contributed by atoms with Crippen molar-refractivity contribution in [3.63, 3.8) is 0 Å². The minimum Gasteiger partial charge on any atom is -0.368 e. The monoisotopic (exact) mass is 452 g/mol. The molecule has 2 aliphatic heterocycles. The summed E-state index contributed by atoms with van der Waals surface area (Å²) in [6.45, 7) is 2.57. The lowest BCUT2D eigenvalue weighted by atomic mass is 10.0. The Bertz CT molecular complexity index is 1050. The molecule has 0 radical (unpaired) electrons. The maximum atomic E-state index is 13.1. The highest BCUT2D eigenvalue weighted by atomic mass is 35.5. The van der Waals surface area contributed by atoms with E-state index in [0.717, 1.165) is 37.2 Å². The molecule has 32 heavy (non-hydrogen) atoms. The van der Waals surface area contributed by atoms with Gasteiger partial charge in [-0.25, -0.2) is 0 Å². The summed E-state index contributed by atoms with van der Waals surface area (Å²) in [5.74, 6) is -0.485. The molecule has 1 saturated carbocycles. The average molecular weight is 453 g/mol. The normalized spacial score (nSPS) is 20.3. The van der Waals surface area contributed by atoms with Crippen LogP contribution in [0.25, 0.3) is 0 Å². The number of amides is 3. The van der Waals surface area contributed by atoms with Crippen LogP contribution in [0.1, 0.15) is 34.8 Å². The van der Waals surface area contributed by atoms with Crippen molar-refractivity contribution in [1.82, 2.24) is 15.1 Å². The molecule has 5 rings (SSSR count). The lowest BCUT2D eigenvalue weighted by molar-refractivity contribution is -0.134. The van der Waals surface area contributed by atoms with Gasteiger partial charge in [-0.2, -0.15) is 0 Å². The van der Waals surface area contributed by atoms with Crippen molar-refractivity contribution in [2.24, 2.45) is 0 Å². The van der Waals surface area contributed by atoms with Gasteiger partial charge in [0.25, 0.3) is 5.91 Å². The number of piperazine rings is 1. The molecule has 1 atom stereocenters. The Morgan fingerprint density at radius 1 is 0.969 bits per heavy atom. The molecule has 7 nitrogen and oxygen atoms in total. The van der Waals surface area contributed by atoms with E-state index in [4.69, 9.17) is 11.6 Å². The van der Waals surface area contributed by atoms with Gasteiger partial charge in [0.05, 0.1) is 6.54 Å². The van der Waals surface area contributed by atoms with Crippen LogP contribution in [0.4, 0.5) is 5.69 Å². The quantitative estimate of drug-likeness (QED) is 0.756. The van der Waals surface area contributed by atoms with E-state index in [1.807, 2.05) is 42.5 Å². The number of hydrogen-bond donors (Lipinski definition) is 1. The molecule has 3 aliphatic rings. The summed E-state index contributed by atoms with van der Waals surface area (Å²) in [4.78, 5) is 44.3. The minimum atomic E-state index is -0.652. The number of anilines is 1. The first-order valence-corrected chi connectivity index (χ1v) is 11.4. The zero-order valence-electron chi connectivity index (χ0n) is 17.7. The number of hydrogen-bond acceptors (Lipinski definition) is 4. The van der Waals surface area contributed by atoms with Gasteiger partial charge in [0.1, 0.15) is 6.04 Å². The molecule has 2 aromatic rings. The van der Waals surface area contributed by atoms with E-state index in [-0.39, 0.29) is 30.3 Å². The van der Waals surface area contributed by atoms with Crippen molar-refractivity contribution in [3.05, 3.63) is 64.7 Å². The molecule has 8 heteroatoms. The van der Waals surface area contributed by atoms with Crippen molar-refractivity contribution in [2.75, 3.05) is 37.6 Å². The number of halogens is 1. The Hall–Kier alpha value is -3.06. The molecule has 1 N–H and O–H groups in total. The lowest BCUT2D eigenvalue weighted by Gasteiger charge is -2.36. The van der Waals surface area contributed by atoms with E-state index in [0.29, 0.717) is 23.7 Å². The van der Waals surface area contributed by atoms with Crippen LogP contribution in [0.5, 0.6) is 0 Å². The summed E-state index contributed by atoms with van der Waals surface area (Å²) in [7, 11) is 0. The molecule has 0 spiro atoms. The molecule has 2 aromatic carbocycles. The number of carbonyl (C=O) groups excluding carboxylic acids is 3. The Labute approximate surface area is 191 Å². The van der Waals surface area contributed by atoms with Crippen LogP contribution in [0, 0.1) is 0 Å². The van der Waals surface area contributed by atoms with Gasteiger partial charge in [0.15, 0.2) is 0 Å². The Morgan fingerprint density at radius 2 is 1.66 bits per heavy atom. The van der Waals surface area contributed by atoms with Gasteiger partial charge >= 0.3 is 0 Å². The summed E-state index contributed by atoms with van der Waals surface area (Å²) >= 11 is 5.96. The Kier molecular flexibility index (Phi) is 5.51. The minimum absolute atomic E-state index is 0.0643. The lowest BCUT2D eigenvalue weighted by Crippen LogP contribution is -2.52. The van der Waals surface area contributed by atoms with Crippen LogP contribution in [-0.4, -0.2) is 66.3 Å². The SMILES string of the molecule is O=C(NCC(=O)N1CCN(c2ccc(Cl)cc2)CC1)C1c2ccccc2C(=O)N1C1CC1. The van der Waals surface area contributed by atoms with Crippen molar-refractivity contribution in [1.29, 1.82) is 0 Å². The molecule has 0 bridgehead atoms. The second-order valence-electron chi connectivity index (χ2n) is 8.50. The van der Waals surface area contributed by atoms with Gasteiger partial charge < -0.3 is 20.0 Å². The fourth-order valence-corrected chi connectivity index (χ4v) is 4.70. The molecule has 0 aromatic heterocycles. The van der Waals surface area contributed by atoms with E-state index in [9.17, 15) is 14.4 Å². The summed E-state index contributed by atoms with van der Waals surface area (Å²) in [6, 6.07) is 14.4. The fourth-order valence-electron chi connectivity index (χ4n) is 4.57. The highest BCUT2D eigenvalue weighted by Crippen LogP contribution is 2.41. The topological polar surface area (TPSA) is 73.0 Å². The summed E-state index contributed by atoms with van der Waals surface area (Å²) in [5.41, 5.74) is 2.40. The average Bonchev–Trinajstić information content (AvgIpc) is 3.62. The van der Waals surface area contributed by atoms with Gasteiger partial charge in [-0.05, 0) is 48.7 Å². The first-order valence-electron chi connectivity index (χ1n) is 11.0. The van der Waals surface area contributed by atoms with Gasteiger partial charge in [0.2, 0.25) is 11.8 Å². The maximum Gasteiger partial charge on any atom is 0.255 e. The molecule has 1 aliphatic carbocycles. The van der Waals surface area contributed by atoms with Crippen LogP contribution in [0.2, 0.25) is 5.02 Å². The van der Waals surface area contributed by atoms with Crippen molar-refractivity contribution >= 4 is 35.0 Å². The molecule has 1 unspecified atom stereocenters. The van der Waals surface area contributed by atoms with E-state index in [1.165, 1.54) is 0 Å². The van der Waals surface area contributed by atoms with Gasteiger partial charge in [-0.1, -0.05) is 29.8 Å². The first-order chi connectivity index (χ1) is 15.5. The highest BCUT2D eigenvalue weighted by Gasteiger charge is 2.47. The smallest absolute Gasteiger partial charge is 0.255 e. The van der Waals surface area contributed by atoms with Crippen LogP contribution in [-0.2, 0) is 9.59 Å². The van der Waals surface area contributed by atoms with Crippen molar-refractivity contribution < 1.29 is 14.4 Å². The number of nitrogens with zero attached hydrogens (tertiary/aromatic N) is 3. The van der Waals surface area contributed by atoms with Crippen LogP contribution < -0.4 is 10.2 Å². The second kappa shape index (κ2) is 8.47. The first kappa shape index (κ1) is 20.8. The molecule has 3 amide bonds. The summed E-state index contributed by atoms with van der Waals surface area (Å²) < 4.78 is 0. The number of nitrogens with one attached hydrogen (secondary N) is 1. The third-order valence-corrected chi connectivity index (χ3v) is 6.68. The van der Waals surface area contributed by atoms with Crippen molar-refractivity contribution in [2.45, 2.75) is 24.9 Å². The summed E-state index contributed by atoms with van der Waals surface area (Å²) in [5, 5.41) is 3.49. The molecule has 1 saturated heterocycles. The maximum absolute atomic E-state index is 13.1. The molecular formula is C24H25ClN4O3. The van der Waals surface area contributed by atoms with E-state index < -0.39 is 6.04 Å². The van der Waals surface area contributed by atoms with Gasteiger partial charge in [0, 0.05) is 48.5 Å². The molecule has 2 heterocycles. The standard InChI is InChI=1S/C24H25ClN4O3/c25-16-5-7-17(8-6-16)27-11-13-28(14-12-27)21(30)15-26-23(31)22-19-3-1-2-4-20(19)24(32)29(22)18-9-10-18/h1-8,18,22H,9-15H2,(H,26,31). The van der Waals surface area contributed by atoms with Gasteiger partial charge in [-0.15, -0.1) is 0 Å². The second-order valence-corrected chi connectivity index (χ2v) is 8.93. The third-order valence-electron chi connectivity index (χ3n) is 6.43.